The van der Waals surface area contributed by atoms with Gasteiger partial charge in [-0.05, 0) is 69.5 Å². The van der Waals surface area contributed by atoms with Crippen molar-refractivity contribution in [3.63, 3.8) is 0 Å². The summed E-state index contributed by atoms with van der Waals surface area (Å²) >= 11 is 0. The van der Waals surface area contributed by atoms with E-state index in [0.717, 1.165) is 46.7 Å². The molecular weight excluding hydrogens is 398 g/mol. The van der Waals surface area contributed by atoms with Gasteiger partial charge >= 0.3 is 6.03 Å². The van der Waals surface area contributed by atoms with E-state index in [1.165, 1.54) is 19.3 Å². The highest BCUT2D eigenvalue weighted by Crippen LogP contribution is 2.38. The summed E-state index contributed by atoms with van der Waals surface area (Å²) in [4.78, 5) is 15.7. The van der Waals surface area contributed by atoms with E-state index in [0.29, 0.717) is 19.0 Å². The van der Waals surface area contributed by atoms with Gasteiger partial charge in [0.1, 0.15) is 0 Å². The number of fused-ring (bicyclic) bond motifs is 1. The monoisotopic (exact) mass is 433 g/mol. The van der Waals surface area contributed by atoms with Gasteiger partial charge < -0.3 is 11.1 Å². The number of rotatable bonds is 6. The highest BCUT2D eigenvalue weighted by molar-refractivity contribution is 6.14. The average molecular weight is 434 g/mol. The van der Waals surface area contributed by atoms with Crippen molar-refractivity contribution < 1.29 is 4.79 Å². The van der Waals surface area contributed by atoms with Crippen molar-refractivity contribution in [3.8, 4) is 0 Å². The number of anilines is 3. The fourth-order valence-corrected chi connectivity index (χ4v) is 4.67. The number of carbonyl (C=O) groups is 1. The lowest BCUT2D eigenvalue weighted by Gasteiger charge is -2.29. The third-order valence-corrected chi connectivity index (χ3v) is 6.35. The number of hydrazone groups is 1. The largest absolute Gasteiger partial charge is 0.384 e. The molecule has 170 valence electrons. The minimum atomic E-state index is -0.111. The number of nitrogens with zero attached hydrogens (tertiary/aromatic N) is 3. The Balaban J connectivity index is 1.82. The van der Waals surface area contributed by atoms with Crippen LogP contribution in [0.3, 0.4) is 0 Å². The van der Waals surface area contributed by atoms with Gasteiger partial charge in [-0.2, -0.15) is 5.10 Å². The van der Waals surface area contributed by atoms with E-state index < -0.39 is 0 Å². The van der Waals surface area contributed by atoms with Crippen molar-refractivity contribution >= 4 is 28.8 Å². The molecular formula is C26H35N5O. The number of hydrogen-bond acceptors (Lipinski definition) is 4. The summed E-state index contributed by atoms with van der Waals surface area (Å²) in [5.74, 6) is 0.391. The number of nitrogens with one attached hydrogen (secondary N) is 1. The molecule has 1 aliphatic heterocycles. The fraction of sp³-hybridized carbons (Fsp3) is 0.462. The minimum absolute atomic E-state index is 0.0375. The molecule has 1 heterocycles. The van der Waals surface area contributed by atoms with E-state index in [9.17, 15) is 4.79 Å². The number of urea groups is 1. The molecule has 4 rings (SSSR count). The Morgan fingerprint density at radius 1 is 1.09 bits per heavy atom. The van der Waals surface area contributed by atoms with Crippen LogP contribution in [0.15, 0.2) is 47.6 Å². The van der Waals surface area contributed by atoms with Crippen LogP contribution in [0.1, 0.15) is 57.1 Å². The van der Waals surface area contributed by atoms with Gasteiger partial charge in [0.15, 0.2) is 0 Å². The van der Waals surface area contributed by atoms with Gasteiger partial charge in [-0.25, -0.2) is 9.80 Å². The summed E-state index contributed by atoms with van der Waals surface area (Å²) in [6.45, 7) is 7.41. The number of carbonyl (C=O) groups excluding carboxylic acids is 1. The van der Waals surface area contributed by atoms with Gasteiger partial charge in [0.2, 0.25) is 0 Å². The molecule has 0 unspecified atom stereocenters. The molecule has 6 nitrogen and oxygen atoms in total. The van der Waals surface area contributed by atoms with Crippen molar-refractivity contribution in [2.45, 2.75) is 58.9 Å². The SMILES string of the molecule is Cc1ccc2c(c1)N(c1ccc(NCCN)cc1)C(=O)N(C(C)C)N=C2C1CCCCC1. The van der Waals surface area contributed by atoms with Crippen molar-refractivity contribution in [2.75, 3.05) is 23.3 Å². The predicted molar refractivity (Wildman–Crippen MR) is 133 cm³/mol. The Kier molecular flexibility index (Phi) is 6.80. The maximum Gasteiger partial charge on any atom is 0.349 e. The standard InChI is InChI=1S/C26H35N5O/c1-18(2)31-26(32)30(22-12-10-21(11-13-22)28-16-15-27)24-17-19(3)9-14-23(24)25(29-31)20-7-5-4-6-8-20/h9-14,17-18,20,28H,4-8,15-16,27H2,1-3H3. The topological polar surface area (TPSA) is 74.0 Å². The minimum Gasteiger partial charge on any atom is -0.384 e. The van der Waals surface area contributed by atoms with E-state index in [-0.39, 0.29) is 12.1 Å². The van der Waals surface area contributed by atoms with Crippen molar-refractivity contribution in [2.24, 2.45) is 16.8 Å². The van der Waals surface area contributed by atoms with E-state index in [1.807, 2.05) is 43.0 Å². The first kappa shape index (κ1) is 22.3. The smallest absolute Gasteiger partial charge is 0.349 e. The van der Waals surface area contributed by atoms with Crippen LogP contribution < -0.4 is 16.0 Å². The second kappa shape index (κ2) is 9.74. The van der Waals surface area contributed by atoms with Crippen LogP contribution in [0.2, 0.25) is 0 Å². The zero-order valence-electron chi connectivity index (χ0n) is 19.5. The number of nitrogens with two attached hydrogens (primary N) is 1. The highest BCUT2D eigenvalue weighted by Gasteiger charge is 2.35. The zero-order chi connectivity index (χ0) is 22.7. The van der Waals surface area contributed by atoms with Crippen LogP contribution in [0.4, 0.5) is 21.9 Å². The van der Waals surface area contributed by atoms with E-state index in [1.54, 1.807) is 5.01 Å². The first-order chi connectivity index (χ1) is 15.5. The van der Waals surface area contributed by atoms with Gasteiger partial charge in [0, 0.05) is 30.3 Å². The van der Waals surface area contributed by atoms with Crippen LogP contribution in [0.25, 0.3) is 0 Å². The first-order valence-electron chi connectivity index (χ1n) is 11.9. The Hall–Kier alpha value is -2.86. The summed E-state index contributed by atoms with van der Waals surface area (Å²) in [6.07, 6.45) is 6.00. The lowest BCUT2D eigenvalue weighted by molar-refractivity contribution is 0.195. The van der Waals surface area contributed by atoms with Gasteiger partial charge in [0.05, 0.1) is 23.1 Å². The molecule has 2 aromatic carbocycles. The van der Waals surface area contributed by atoms with Crippen LogP contribution in [-0.2, 0) is 0 Å². The predicted octanol–water partition coefficient (Wildman–Crippen LogP) is 5.63. The molecule has 0 bridgehead atoms. The molecule has 2 aliphatic rings. The van der Waals surface area contributed by atoms with E-state index >= 15 is 0 Å². The maximum absolute atomic E-state index is 13.9. The van der Waals surface area contributed by atoms with Crippen molar-refractivity contribution in [3.05, 3.63) is 53.6 Å². The summed E-state index contributed by atoms with van der Waals surface area (Å²) in [7, 11) is 0. The quantitative estimate of drug-likeness (QED) is 0.620. The molecule has 3 N–H and O–H groups in total. The van der Waals surface area contributed by atoms with E-state index in [4.69, 9.17) is 10.8 Å². The normalized spacial score (nSPS) is 17.3. The molecule has 0 radical (unpaired) electrons. The van der Waals surface area contributed by atoms with Crippen molar-refractivity contribution in [1.82, 2.24) is 5.01 Å². The molecule has 0 aromatic heterocycles. The molecule has 0 atom stereocenters. The molecule has 1 fully saturated rings. The average Bonchev–Trinajstić information content (AvgIpc) is 2.92. The van der Waals surface area contributed by atoms with Crippen LogP contribution >= 0.6 is 0 Å². The second-order valence-electron chi connectivity index (χ2n) is 9.16. The molecule has 1 saturated carbocycles. The van der Waals surface area contributed by atoms with Gasteiger partial charge in [-0.1, -0.05) is 31.4 Å². The molecule has 2 aromatic rings. The summed E-state index contributed by atoms with van der Waals surface area (Å²) < 4.78 is 0. The molecule has 1 aliphatic carbocycles. The number of amides is 2. The maximum atomic E-state index is 13.9. The van der Waals surface area contributed by atoms with Gasteiger partial charge in [-0.3, -0.25) is 4.90 Å². The lowest BCUT2D eigenvalue weighted by Crippen LogP contribution is -2.41. The van der Waals surface area contributed by atoms with E-state index in [2.05, 4.69) is 30.4 Å². The zero-order valence-corrected chi connectivity index (χ0v) is 19.5. The van der Waals surface area contributed by atoms with Crippen LogP contribution in [0.5, 0.6) is 0 Å². The highest BCUT2D eigenvalue weighted by atomic mass is 16.2. The molecule has 32 heavy (non-hydrogen) atoms. The lowest BCUT2D eigenvalue weighted by atomic mass is 9.82. The molecule has 0 saturated heterocycles. The first-order valence-corrected chi connectivity index (χ1v) is 11.9. The summed E-state index contributed by atoms with van der Waals surface area (Å²) in [6, 6.07) is 14.2. The number of aryl methyl sites for hydroxylation is 1. The Bertz CT molecular complexity index is 976. The Morgan fingerprint density at radius 2 is 1.81 bits per heavy atom. The fourth-order valence-electron chi connectivity index (χ4n) is 4.67. The molecule has 2 amide bonds. The molecule has 6 heteroatoms. The Morgan fingerprint density at radius 3 is 2.47 bits per heavy atom. The van der Waals surface area contributed by atoms with Crippen LogP contribution in [-0.4, -0.2) is 35.9 Å². The second-order valence-corrected chi connectivity index (χ2v) is 9.16. The van der Waals surface area contributed by atoms with Gasteiger partial charge in [-0.15, -0.1) is 0 Å². The third kappa shape index (κ3) is 4.51. The van der Waals surface area contributed by atoms with Gasteiger partial charge in [0.25, 0.3) is 0 Å². The van der Waals surface area contributed by atoms with Crippen molar-refractivity contribution in [1.29, 1.82) is 0 Å². The summed E-state index contributed by atoms with van der Waals surface area (Å²) in [5.41, 5.74) is 11.6. The number of benzene rings is 2. The number of hydrogen-bond donors (Lipinski definition) is 2. The summed E-state index contributed by atoms with van der Waals surface area (Å²) in [5, 5.41) is 9.98. The molecule has 0 spiro atoms. The third-order valence-electron chi connectivity index (χ3n) is 6.35. The van der Waals surface area contributed by atoms with Crippen LogP contribution in [0, 0.1) is 12.8 Å². The Labute approximate surface area is 191 Å².